The Balaban J connectivity index is 1.89. The van der Waals surface area contributed by atoms with Crippen molar-refractivity contribution in [1.82, 2.24) is 25.9 Å². The third-order valence-electron chi connectivity index (χ3n) is 5.01. The van der Waals surface area contributed by atoms with Crippen LogP contribution in [0.15, 0.2) is 36.8 Å². The molecule has 0 radical (unpaired) electrons. The summed E-state index contributed by atoms with van der Waals surface area (Å²) in [5, 5.41) is 26.1. The van der Waals surface area contributed by atoms with E-state index in [1.165, 1.54) is 36.4 Å². The summed E-state index contributed by atoms with van der Waals surface area (Å²) < 4.78 is 0. The van der Waals surface area contributed by atoms with Crippen LogP contribution in [-0.4, -0.2) is 80.6 Å². The molecule has 13 heteroatoms. The number of rotatable bonds is 14. The number of hydrogen-bond acceptors (Lipinski definition) is 8. The number of carbonyl (C=O) groups excluding carboxylic acids is 3. The number of carbonyl (C=O) groups is 4. The number of carboxylic acids is 1. The molecular weight excluding hydrogens is 476 g/mol. The van der Waals surface area contributed by atoms with Gasteiger partial charge in [-0.1, -0.05) is 12.1 Å². The number of aromatic hydroxyl groups is 1. The number of phenols is 1. The molecule has 190 valence electrons. The molecule has 0 saturated heterocycles. The maximum atomic E-state index is 12.7. The molecule has 0 aliphatic rings. The Morgan fingerprint density at radius 2 is 1.80 bits per heavy atom. The second-order valence-electron chi connectivity index (χ2n) is 7.78. The number of imidazole rings is 1. The molecule has 8 N–H and O–H groups in total. The summed E-state index contributed by atoms with van der Waals surface area (Å²) in [5.74, 6) is -2.37. The van der Waals surface area contributed by atoms with Gasteiger partial charge < -0.3 is 36.9 Å². The number of nitrogens with two attached hydrogens (primary N) is 1. The fraction of sp³-hybridized carbons (Fsp3) is 0.409. The molecule has 1 aromatic heterocycles. The number of benzene rings is 1. The highest BCUT2D eigenvalue weighted by Gasteiger charge is 2.25. The number of aromatic nitrogens is 2. The molecule has 1 heterocycles. The number of aromatic amines is 1. The van der Waals surface area contributed by atoms with Crippen molar-refractivity contribution in [3.05, 3.63) is 48.0 Å². The van der Waals surface area contributed by atoms with Crippen LogP contribution in [0.3, 0.4) is 0 Å². The number of aliphatic carboxylic acids is 1. The molecule has 0 saturated carbocycles. The van der Waals surface area contributed by atoms with Crippen LogP contribution in [0.1, 0.15) is 17.7 Å². The monoisotopic (exact) mass is 506 g/mol. The van der Waals surface area contributed by atoms with Crippen LogP contribution < -0.4 is 21.7 Å². The topological polar surface area (TPSA) is 200 Å². The molecule has 0 fully saturated rings. The summed E-state index contributed by atoms with van der Waals surface area (Å²) in [5.41, 5.74) is 7.27. The van der Waals surface area contributed by atoms with Crippen molar-refractivity contribution < 1.29 is 29.4 Å². The third-order valence-corrected chi connectivity index (χ3v) is 5.65. The molecule has 35 heavy (non-hydrogen) atoms. The van der Waals surface area contributed by atoms with Crippen LogP contribution >= 0.6 is 11.8 Å². The minimum absolute atomic E-state index is 0.000342. The summed E-state index contributed by atoms with van der Waals surface area (Å²) in [4.78, 5) is 55.5. The number of amides is 3. The average Bonchev–Trinajstić information content (AvgIpc) is 3.34. The molecule has 0 bridgehead atoms. The molecule has 2 rings (SSSR count). The van der Waals surface area contributed by atoms with Crippen molar-refractivity contribution in [3.63, 3.8) is 0 Å². The van der Waals surface area contributed by atoms with Crippen LogP contribution in [0.25, 0.3) is 0 Å². The molecule has 12 nitrogen and oxygen atoms in total. The minimum Gasteiger partial charge on any atom is -0.508 e. The minimum atomic E-state index is -1.23. The highest BCUT2D eigenvalue weighted by molar-refractivity contribution is 7.98. The number of thioether (sulfide) groups is 1. The van der Waals surface area contributed by atoms with Crippen molar-refractivity contribution in [2.24, 2.45) is 5.73 Å². The number of carboxylic acid groups (broad SMARTS) is 1. The van der Waals surface area contributed by atoms with Gasteiger partial charge in [0.2, 0.25) is 17.7 Å². The van der Waals surface area contributed by atoms with Gasteiger partial charge in [0.1, 0.15) is 17.8 Å². The van der Waals surface area contributed by atoms with Crippen molar-refractivity contribution in [1.29, 1.82) is 0 Å². The van der Waals surface area contributed by atoms with E-state index in [1.54, 1.807) is 12.1 Å². The van der Waals surface area contributed by atoms with Crippen LogP contribution in [0, 0.1) is 0 Å². The van der Waals surface area contributed by atoms with E-state index in [4.69, 9.17) is 5.73 Å². The van der Waals surface area contributed by atoms with Gasteiger partial charge in [0.15, 0.2) is 0 Å². The highest BCUT2D eigenvalue weighted by atomic mass is 32.2. The van der Waals surface area contributed by atoms with Gasteiger partial charge in [-0.25, -0.2) is 9.78 Å². The Labute approximate surface area is 206 Å². The summed E-state index contributed by atoms with van der Waals surface area (Å²) in [7, 11) is 0. The van der Waals surface area contributed by atoms with Crippen molar-refractivity contribution in [2.45, 2.75) is 37.4 Å². The summed E-state index contributed by atoms with van der Waals surface area (Å²) in [6.45, 7) is -0.462. The van der Waals surface area contributed by atoms with Crippen LogP contribution in [-0.2, 0) is 32.0 Å². The maximum Gasteiger partial charge on any atom is 0.326 e. The Morgan fingerprint density at radius 1 is 1.09 bits per heavy atom. The van der Waals surface area contributed by atoms with Gasteiger partial charge in [-0.05, 0) is 42.5 Å². The second-order valence-corrected chi connectivity index (χ2v) is 8.76. The van der Waals surface area contributed by atoms with E-state index < -0.39 is 48.4 Å². The zero-order chi connectivity index (χ0) is 25.8. The number of nitrogens with one attached hydrogen (secondary N) is 4. The van der Waals surface area contributed by atoms with Crippen molar-refractivity contribution in [2.75, 3.05) is 18.6 Å². The van der Waals surface area contributed by atoms with Gasteiger partial charge in [0, 0.05) is 18.3 Å². The molecule has 3 unspecified atom stereocenters. The fourth-order valence-electron chi connectivity index (χ4n) is 3.11. The molecule has 1 aromatic carbocycles. The summed E-state index contributed by atoms with van der Waals surface area (Å²) >= 11 is 1.49. The lowest BCUT2D eigenvalue weighted by atomic mass is 10.1. The molecule has 0 aliphatic heterocycles. The molecule has 2 aromatic rings. The number of nitrogens with zero attached hydrogens (tertiary/aromatic N) is 1. The smallest absolute Gasteiger partial charge is 0.326 e. The first-order valence-electron chi connectivity index (χ1n) is 10.8. The van der Waals surface area contributed by atoms with Gasteiger partial charge in [-0.2, -0.15) is 11.8 Å². The zero-order valence-corrected chi connectivity index (χ0v) is 20.0. The molecule has 3 amide bonds. The normalized spacial score (nSPS) is 13.3. The SMILES string of the molecule is CSCCC(NC(=O)C(N)Cc1ccc(O)cc1)C(=O)NCC(=O)NC(Cc1cnc[nH]1)C(=O)O. The van der Waals surface area contributed by atoms with Gasteiger partial charge in [-0.3, -0.25) is 14.4 Å². The lowest BCUT2D eigenvalue weighted by Crippen LogP contribution is -2.54. The molecule has 0 spiro atoms. The number of hydrogen-bond donors (Lipinski definition) is 7. The average molecular weight is 507 g/mol. The Morgan fingerprint density at radius 3 is 2.40 bits per heavy atom. The van der Waals surface area contributed by atoms with E-state index in [2.05, 4.69) is 25.9 Å². The quantitative estimate of drug-likeness (QED) is 0.170. The lowest BCUT2D eigenvalue weighted by Gasteiger charge is -2.21. The third kappa shape index (κ3) is 9.66. The van der Waals surface area contributed by atoms with Crippen molar-refractivity contribution in [3.8, 4) is 5.75 Å². The Hall–Kier alpha value is -3.58. The molecule has 3 atom stereocenters. The van der Waals surface area contributed by atoms with Gasteiger partial charge >= 0.3 is 5.97 Å². The molecular formula is C22H30N6O6S. The van der Waals surface area contributed by atoms with E-state index in [-0.39, 0.29) is 18.6 Å². The molecule has 0 aliphatic carbocycles. The predicted molar refractivity (Wildman–Crippen MR) is 130 cm³/mol. The fourth-order valence-corrected chi connectivity index (χ4v) is 3.59. The van der Waals surface area contributed by atoms with E-state index in [1.807, 2.05) is 6.26 Å². The lowest BCUT2D eigenvalue weighted by molar-refractivity contribution is -0.141. The highest BCUT2D eigenvalue weighted by Crippen LogP contribution is 2.11. The van der Waals surface area contributed by atoms with E-state index in [0.29, 0.717) is 17.9 Å². The standard InChI is InChI=1S/C22H30N6O6S/c1-35-7-6-17(28-20(31)16(23)8-13-2-4-15(29)5-3-13)21(32)25-11-19(30)27-18(22(33)34)9-14-10-24-12-26-14/h2-5,10,12,16-18,29H,6-9,11,23H2,1H3,(H,24,26)(H,25,32)(H,27,30)(H,28,31)(H,33,34). The largest absolute Gasteiger partial charge is 0.508 e. The second kappa shape index (κ2) is 14.0. The first-order valence-corrected chi connectivity index (χ1v) is 12.2. The summed E-state index contributed by atoms with van der Waals surface area (Å²) in [6.07, 6.45) is 5.22. The maximum absolute atomic E-state index is 12.7. The van der Waals surface area contributed by atoms with Crippen molar-refractivity contribution >= 4 is 35.5 Å². The van der Waals surface area contributed by atoms with Crippen LogP contribution in [0.5, 0.6) is 5.75 Å². The van der Waals surface area contributed by atoms with E-state index in [9.17, 15) is 29.4 Å². The van der Waals surface area contributed by atoms with Crippen LogP contribution in [0.2, 0.25) is 0 Å². The van der Waals surface area contributed by atoms with Gasteiger partial charge in [0.25, 0.3) is 0 Å². The van der Waals surface area contributed by atoms with Gasteiger partial charge in [-0.15, -0.1) is 0 Å². The zero-order valence-electron chi connectivity index (χ0n) is 19.2. The number of H-pyrrole nitrogens is 1. The Kier molecular flexibility index (Phi) is 11.0. The summed E-state index contributed by atoms with van der Waals surface area (Å²) in [6, 6.07) is 3.23. The first kappa shape index (κ1) is 27.7. The predicted octanol–water partition coefficient (Wildman–Crippen LogP) is -0.849. The van der Waals surface area contributed by atoms with E-state index in [0.717, 1.165) is 5.56 Å². The Bertz CT molecular complexity index is 985. The first-order chi connectivity index (χ1) is 16.7. The number of phenolic OH excluding ortho intramolecular Hbond substituents is 1. The van der Waals surface area contributed by atoms with Crippen LogP contribution in [0.4, 0.5) is 0 Å². The van der Waals surface area contributed by atoms with Gasteiger partial charge in [0.05, 0.1) is 18.9 Å². The van der Waals surface area contributed by atoms with E-state index >= 15 is 0 Å².